The van der Waals surface area contributed by atoms with Crippen LogP contribution in [0.1, 0.15) is 13.3 Å². The standard InChI is InChI=1S/C14H15NO4S2/c1-14(13(16)17)6-7-15(9-14)21(18,19)12-8-20-11-5-3-2-4-10(11)12/h2-5,8H,6-7,9H2,1H3,(H,16,17). The summed E-state index contributed by atoms with van der Waals surface area (Å²) in [7, 11) is -3.65. The first-order valence-electron chi connectivity index (χ1n) is 6.54. The second-order valence-corrected chi connectivity index (χ2v) is 8.37. The number of carboxylic acids is 1. The second-order valence-electron chi connectivity index (χ2n) is 5.55. The molecule has 0 radical (unpaired) electrons. The molecule has 7 heteroatoms. The van der Waals surface area contributed by atoms with E-state index in [1.165, 1.54) is 15.6 Å². The van der Waals surface area contributed by atoms with Crippen LogP contribution in [0.5, 0.6) is 0 Å². The minimum absolute atomic E-state index is 0.0227. The number of nitrogens with zero attached hydrogens (tertiary/aromatic N) is 1. The normalized spacial score (nSPS) is 23.7. The minimum atomic E-state index is -3.65. The number of aliphatic carboxylic acids is 1. The van der Waals surface area contributed by atoms with Crippen molar-refractivity contribution in [1.82, 2.24) is 4.31 Å². The van der Waals surface area contributed by atoms with Gasteiger partial charge in [0, 0.05) is 28.6 Å². The van der Waals surface area contributed by atoms with Gasteiger partial charge in [0.15, 0.2) is 0 Å². The van der Waals surface area contributed by atoms with E-state index in [2.05, 4.69) is 0 Å². The molecule has 0 aliphatic carbocycles. The summed E-state index contributed by atoms with van der Waals surface area (Å²) in [5.41, 5.74) is -1.00. The molecule has 2 aromatic rings. The maximum Gasteiger partial charge on any atom is 0.310 e. The van der Waals surface area contributed by atoms with Crippen molar-refractivity contribution in [2.75, 3.05) is 13.1 Å². The number of hydrogen-bond acceptors (Lipinski definition) is 4. The summed E-state index contributed by atoms with van der Waals surface area (Å²) in [6, 6.07) is 7.33. The number of sulfonamides is 1. The van der Waals surface area contributed by atoms with Crippen molar-refractivity contribution in [3.05, 3.63) is 29.6 Å². The lowest BCUT2D eigenvalue weighted by atomic mass is 9.90. The van der Waals surface area contributed by atoms with Crippen molar-refractivity contribution in [3.63, 3.8) is 0 Å². The Bertz CT molecular complexity index is 811. The van der Waals surface area contributed by atoms with E-state index in [4.69, 9.17) is 0 Å². The molecular weight excluding hydrogens is 310 g/mol. The number of carboxylic acid groups (broad SMARTS) is 1. The monoisotopic (exact) mass is 325 g/mol. The molecule has 1 aromatic carbocycles. The molecule has 0 amide bonds. The highest BCUT2D eigenvalue weighted by Gasteiger charge is 2.45. The summed E-state index contributed by atoms with van der Waals surface area (Å²) < 4.78 is 27.7. The van der Waals surface area contributed by atoms with E-state index in [9.17, 15) is 18.3 Å². The Labute approximate surface area is 126 Å². The fraction of sp³-hybridized carbons (Fsp3) is 0.357. The molecule has 21 heavy (non-hydrogen) atoms. The topological polar surface area (TPSA) is 74.7 Å². The molecule has 1 aromatic heterocycles. The average molecular weight is 325 g/mol. The molecule has 3 rings (SSSR count). The lowest BCUT2D eigenvalue weighted by molar-refractivity contribution is -0.146. The van der Waals surface area contributed by atoms with E-state index in [0.29, 0.717) is 11.8 Å². The van der Waals surface area contributed by atoms with Crippen molar-refractivity contribution in [2.45, 2.75) is 18.2 Å². The van der Waals surface area contributed by atoms with Gasteiger partial charge in [-0.25, -0.2) is 8.42 Å². The third-order valence-electron chi connectivity index (χ3n) is 4.02. The van der Waals surface area contributed by atoms with Gasteiger partial charge in [0.25, 0.3) is 0 Å². The maximum absolute atomic E-state index is 12.8. The van der Waals surface area contributed by atoms with E-state index < -0.39 is 21.4 Å². The van der Waals surface area contributed by atoms with Crippen molar-refractivity contribution in [2.24, 2.45) is 5.41 Å². The summed E-state index contributed by atoms with van der Waals surface area (Å²) in [6.07, 6.45) is 0.337. The molecule has 112 valence electrons. The van der Waals surface area contributed by atoms with Crippen molar-refractivity contribution < 1.29 is 18.3 Å². The Balaban J connectivity index is 2.01. The Morgan fingerprint density at radius 3 is 2.76 bits per heavy atom. The van der Waals surface area contributed by atoms with Crippen LogP contribution in [0, 0.1) is 5.41 Å². The van der Waals surface area contributed by atoms with Gasteiger partial charge in [-0.3, -0.25) is 4.79 Å². The van der Waals surface area contributed by atoms with Gasteiger partial charge in [-0.1, -0.05) is 18.2 Å². The quantitative estimate of drug-likeness (QED) is 0.940. The van der Waals surface area contributed by atoms with Crippen LogP contribution in [0.25, 0.3) is 10.1 Å². The van der Waals surface area contributed by atoms with Gasteiger partial charge in [-0.2, -0.15) is 4.31 Å². The molecule has 2 heterocycles. The fourth-order valence-corrected chi connectivity index (χ4v) is 5.63. The first-order chi connectivity index (χ1) is 9.84. The zero-order valence-corrected chi connectivity index (χ0v) is 13.1. The summed E-state index contributed by atoms with van der Waals surface area (Å²) in [4.78, 5) is 11.6. The van der Waals surface area contributed by atoms with Crippen LogP contribution in [-0.2, 0) is 14.8 Å². The molecule has 1 aliphatic heterocycles. The van der Waals surface area contributed by atoms with E-state index in [1.54, 1.807) is 24.4 Å². The largest absolute Gasteiger partial charge is 0.481 e. The van der Waals surface area contributed by atoms with E-state index in [1.807, 2.05) is 12.1 Å². The number of hydrogen-bond donors (Lipinski definition) is 1. The van der Waals surface area contributed by atoms with Crippen molar-refractivity contribution in [3.8, 4) is 0 Å². The minimum Gasteiger partial charge on any atom is -0.481 e. The third kappa shape index (κ3) is 2.25. The van der Waals surface area contributed by atoms with Gasteiger partial charge in [0.2, 0.25) is 10.0 Å². The smallest absolute Gasteiger partial charge is 0.310 e. The molecule has 1 atom stereocenters. The zero-order valence-electron chi connectivity index (χ0n) is 11.4. The molecule has 0 bridgehead atoms. The molecule has 1 unspecified atom stereocenters. The van der Waals surface area contributed by atoms with Gasteiger partial charge >= 0.3 is 5.97 Å². The van der Waals surface area contributed by atoms with Crippen molar-refractivity contribution >= 4 is 37.4 Å². The number of rotatable bonds is 3. The number of benzene rings is 1. The summed E-state index contributed by atoms with van der Waals surface area (Å²) in [6.45, 7) is 1.86. The maximum atomic E-state index is 12.8. The summed E-state index contributed by atoms with van der Waals surface area (Å²) in [5, 5.41) is 11.6. The Morgan fingerprint density at radius 1 is 1.38 bits per heavy atom. The molecule has 1 aliphatic rings. The van der Waals surface area contributed by atoms with Crippen LogP contribution in [0.15, 0.2) is 34.5 Å². The van der Waals surface area contributed by atoms with Crippen LogP contribution < -0.4 is 0 Å². The van der Waals surface area contributed by atoms with E-state index in [-0.39, 0.29) is 18.0 Å². The van der Waals surface area contributed by atoms with Crippen LogP contribution in [0.3, 0.4) is 0 Å². The Morgan fingerprint density at radius 2 is 2.10 bits per heavy atom. The van der Waals surface area contributed by atoms with Crippen LogP contribution >= 0.6 is 11.3 Å². The SMILES string of the molecule is CC1(C(=O)O)CCN(S(=O)(=O)c2csc3ccccc23)C1. The Kier molecular flexibility index (Phi) is 3.31. The molecule has 0 saturated carbocycles. The van der Waals surface area contributed by atoms with Crippen LogP contribution in [0.4, 0.5) is 0 Å². The average Bonchev–Trinajstić information content (AvgIpc) is 3.03. The number of fused-ring (bicyclic) bond motifs is 1. The van der Waals surface area contributed by atoms with Gasteiger partial charge in [-0.05, 0) is 19.4 Å². The van der Waals surface area contributed by atoms with Crippen molar-refractivity contribution in [1.29, 1.82) is 0 Å². The second kappa shape index (κ2) is 4.79. The molecule has 5 nitrogen and oxygen atoms in total. The number of thiophene rings is 1. The highest BCUT2D eigenvalue weighted by molar-refractivity contribution is 7.89. The molecule has 0 spiro atoms. The van der Waals surface area contributed by atoms with Gasteiger partial charge in [0.1, 0.15) is 4.90 Å². The lowest BCUT2D eigenvalue weighted by Gasteiger charge is -2.19. The Hall–Kier alpha value is -1.44. The van der Waals surface area contributed by atoms with Gasteiger partial charge < -0.3 is 5.11 Å². The fourth-order valence-electron chi connectivity index (χ4n) is 2.59. The third-order valence-corrected chi connectivity index (χ3v) is 7.02. The summed E-state index contributed by atoms with van der Waals surface area (Å²) >= 11 is 1.38. The van der Waals surface area contributed by atoms with Crippen LogP contribution in [-0.4, -0.2) is 36.9 Å². The first kappa shape index (κ1) is 14.5. The number of carbonyl (C=O) groups is 1. The highest BCUT2D eigenvalue weighted by atomic mass is 32.2. The molecule has 1 saturated heterocycles. The highest BCUT2D eigenvalue weighted by Crippen LogP contribution is 2.37. The van der Waals surface area contributed by atoms with E-state index >= 15 is 0 Å². The van der Waals surface area contributed by atoms with Gasteiger partial charge in [-0.15, -0.1) is 11.3 Å². The summed E-state index contributed by atoms with van der Waals surface area (Å²) in [5.74, 6) is -0.949. The molecular formula is C14H15NO4S2. The predicted octanol–water partition coefficient (Wildman–Crippen LogP) is 2.39. The lowest BCUT2D eigenvalue weighted by Crippen LogP contribution is -2.34. The first-order valence-corrected chi connectivity index (χ1v) is 8.86. The van der Waals surface area contributed by atoms with Crippen LogP contribution in [0.2, 0.25) is 0 Å². The zero-order chi connectivity index (χ0) is 15.3. The predicted molar refractivity (Wildman–Crippen MR) is 80.9 cm³/mol. The molecule has 1 fully saturated rings. The van der Waals surface area contributed by atoms with E-state index in [0.717, 1.165) is 4.70 Å². The molecule has 1 N–H and O–H groups in total. The van der Waals surface area contributed by atoms with Gasteiger partial charge in [0.05, 0.1) is 5.41 Å².